The Balaban J connectivity index is 2.27. The standard InChI is InChI=1S/C15H16NO2S/c1-2-16(13-14-9-5-3-6-10-14)19(17,18)15-11-7-4-8-12-15/h3,5-12H,2,13H2,1H3. The van der Waals surface area contributed by atoms with E-state index in [1.165, 1.54) is 4.31 Å². The van der Waals surface area contributed by atoms with E-state index in [1.807, 2.05) is 37.3 Å². The minimum absolute atomic E-state index is 0.309. The minimum atomic E-state index is -3.44. The van der Waals surface area contributed by atoms with Crippen LogP contribution in [0.25, 0.3) is 0 Å². The zero-order valence-corrected chi connectivity index (χ0v) is 11.6. The van der Waals surface area contributed by atoms with Crippen molar-refractivity contribution in [2.75, 3.05) is 6.54 Å². The fraction of sp³-hybridized carbons (Fsp3) is 0.200. The van der Waals surface area contributed by atoms with Gasteiger partial charge in [-0.1, -0.05) is 49.4 Å². The van der Waals surface area contributed by atoms with Gasteiger partial charge in [-0.15, -0.1) is 0 Å². The molecule has 99 valence electrons. The second-order valence-electron chi connectivity index (χ2n) is 4.15. The maximum absolute atomic E-state index is 12.5. The fourth-order valence-electron chi connectivity index (χ4n) is 1.85. The maximum atomic E-state index is 12.5. The first-order chi connectivity index (χ1) is 9.14. The highest BCUT2D eigenvalue weighted by Crippen LogP contribution is 2.17. The van der Waals surface area contributed by atoms with Gasteiger partial charge in [-0.3, -0.25) is 0 Å². The van der Waals surface area contributed by atoms with Gasteiger partial charge in [-0.2, -0.15) is 4.31 Å². The smallest absolute Gasteiger partial charge is 0.207 e. The van der Waals surface area contributed by atoms with Crippen LogP contribution in [0.4, 0.5) is 0 Å². The molecule has 0 aliphatic rings. The Morgan fingerprint density at radius 2 is 1.68 bits per heavy atom. The van der Waals surface area contributed by atoms with Crippen LogP contribution in [0.2, 0.25) is 0 Å². The molecule has 19 heavy (non-hydrogen) atoms. The van der Waals surface area contributed by atoms with E-state index in [0.29, 0.717) is 18.0 Å². The van der Waals surface area contributed by atoms with Crippen LogP contribution in [0.1, 0.15) is 12.5 Å². The molecule has 2 aromatic carbocycles. The van der Waals surface area contributed by atoms with Gasteiger partial charge in [-0.05, 0) is 23.8 Å². The van der Waals surface area contributed by atoms with Gasteiger partial charge in [0, 0.05) is 13.1 Å². The summed E-state index contributed by atoms with van der Waals surface area (Å²) >= 11 is 0. The Labute approximate surface area is 114 Å². The lowest BCUT2D eigenvalue weighted by Crippen LogP contribution is -2.30. The summed E-state index contributed by atoms with van der Waals surface area (Å²) in [6.45, 7) is 2.67. The van der Waals surface area contributed by atoms with Gasteiger partial charge in [-0.25, -0.2) is 8.42 Å². The number of hydrogen-bond acceptors (Lipinski definition) is 2. The quantitative estimate of drug-likeness (QED) is 0.840. The van der Waals surface area contributed by atoms with E-state index >= 15 is 0 Å². The predicted octanol–water partition coefficient (Wildman–Crippen LogP) is 2.70. The lowest BCUT2D eigenvalue weighted by molar-refractivity contribution is 0.423. The average Bonchev–Trinajstić information content (AvgIpc) is 2.46. The van der Waals surface area contributed by atoms with Gasteiger partial charge in [0.1, 0.15) is 0 Å². The monoisotopic (exact) mass is 274 g/mol. The zero-order chi connectivity index (χ0) is 13.7. The topological polar surface area (TPSA) is 37.4 Å². The third kappa shape index (κ3) is 3.22. The molecule has 0 unspecified atom stereocenters. The minimum Gasteiger partial charge on any atom is -0.207 e. The number of sulfonamides is 1. The number of rotatable bonds is 5. The van der Waals surface area contributed by atoms with Gasteiger partial charge in [0.2, 0.25) is 10.0 Å². The molecular weight excluding hydrogens is 258 g/mol. The summed E-state index contributed by atoms with van der Waals surface area (Å²) in [6.07, 6.45) is 0. The number of nitrogens with zero attached hydrogens (tertiary/aromatic N) is 1. The molecule has 2 aromatic rings. The summed E-state index contributed by atoms with van der Waals surface area (Å²) in [5.74, 6) is 0. The van der Waals surface area contributed by atoms with Crippen molar-refractivity contribution in [1.29, 1.82) is 0 Å². The van der Waals surface area contributed by atoms with Crippen molar-refractivity contribution in [1.82, 2.24) is 4.31 Å². The van der Waals surface area contributed by atoms with E-state index < -0.39 is 10.0 Å². The van der Waals surface area contributed by atoms with Crippen molar-refractivity contribution in [3.8, 4) is 0 Å². The van der Waals surface area contributed by atoms with Gasteiger partial charge in [0.25, 0.3) is 0 Å². The molecule has 0 bridgehead atoms. The third-order valence-corrected chi connectivity index (χ3v) is 4.81. The van der Waals surface area contributed by atoms with E-state index in [1.54, 1.807) is 24.3 Å². The lowest BCUT2D eigenvalue weighted by Gasteiger charge is -2.20. The highest BCUT2D eigenvalue weighted by atomic mass is 32.2. The van der Waals surface area contributed by atoms with Crippen molar-refractivity contribution in [3.63, 3.8) is 0 Å². The Morgan fingerprint density at radius 1 is 1.05 bits per heavy atom. The molecule has 0 saturated carbocycles. The Kier molecular flexibility index (Phi) is 4.35. The molecule has 0 N–H and O–H groups in total. The zero-order valence-electron chi connectivity index (χ0n) is 10.8. The Hall–Kier alpha value is -1.65. The van der Waals surface area contributed by atoms with E-state index in [-0.39, 0.29) is 0 Å². The van der Waals surface area contributed by atoms with Crippen LogP contribution < -0.4 is 0 Å². The van der Waals surface area contributed by atoms with Crippen LogP contribution in [-0.4, -0.2) is 19.3 Å². The SMILES string of the molecule is CCN(Cc1ccccc1)S(=O)(=O)c1cc[c]cc1. The summed E-state index contributed by atoms with van der Waals surface area (Å²) in [7, 11) is -3.44. The summed E-state index contributed by atoms with van der Waals surface area (Å²) < 4.78 is 26.4. The third-order valence-electron chi connectivity index (χ3n) is 2.88. The first kappa shape index (κ1) is 13.8. The van der Waals surface area contributed by atoms with Gasteiger partial charge < -0.3 is 0 Å². The molecular formula is C15H16NO2S. The summed E-state index contributed by atoms with van der Waals surface area (Å²) in [5, 5.41) is 0. The second-order valence-corrected chi connectivity index (χ2v) is 6.09. The predicted molar refractivity (Wildman–Crippen MR) is 75.0 cm³/mol. The molecule has 0 atom stereocenters. The molecule has 0 aromatic heterocycles. The van der Waals surface area contributed by atoms with Crippen LogP contribution >= 0.6 is 0 Å². The van der Waals surface area contributed by atoms with Crippen molar-refractivity contribution < 1.29 is 8.42 Å². The summed E-state index contributed by atoms with van der Waals surface area (Å²) in [6, 6.07) is 18.8. The lowest BCUT2D eigenvalue weighted by atomic mass is 10.2. The second kappa shape index (κ2) is 5.99. The summed E-state index contributed by atoms with van der Waals surface area (Å²) in [4.78, 5) is 0.309. The van der Waals surface area contributed by atoms with Crippen molar-refractivity contribution in [2.24, 2.45) is 0 Å². The molecule has 0 fully saturated rings. The van der Waals surface area contributed by atoms with E-state index in [4.69, 9.17) is 0 Å². The Morgan fingerprint density at radius 3 is 2.26 bits per heavy atom. The van der Waals surface area contributed by atoms with Crippen molar-refractivity contribution >= 4 is 10.0 Å². The van der Waals surface area contributed by atoms with E-state index in [9.17, 15) is 8.42 Å². The summed E-state index contributed by atoms with van der Waals surface area (Å²) in [5.41, 5.74) is 0.982. The first-order valence-electron chi connectivity index (χ1n) is 6.15. The number of benzene rings is 2. The molecule has 1 radical (unpaired) electrons. The van der Waals surface area contributed by atoms with Crippen molar-refractivity contribution in [3.05, 3.63) is 66.2 Å². The highest BCUT2D eigenvalue weighted by molar-refractivity contribution is 7.89. The fourth-order valence-corrected chi connectivity index (χ4v) is 3.28. The maximum Gasteiger partial charge on any atom is 0.243 e. The van der Waals surface area contributed by atoms with Gasteiger partial charge in [0.05, 0.1) is 4.90 Å². The molecule has 2 rings (SSSR count). The molecule has 0 aliphatic carbocycles. The van der Waals surface area contributed by atoms with Gasteiger partial charge >= 0.3 is 0 Å². The highest BCUT2D eigenvalue weighted by Gasteiger charge is 2.22. The van der Waals surface area contributed by atoms with Crippen LogP contribution in [0.3, 0.4) is 0 Å². The molecule has 0 spiro atoms. The molecule has 0 amide bonds. The molecule has 3 nitrogen and oxygen atoms in total. The number of hydrogen-bond donors (Lipinski definition) is 0. The van der Waals surface area contributed by atoms with Crippen LogP contribution in [0.15, 0.2) is 59.5 Å². The first-order valence-corrected chi connectivity index (χ1v) is 7.59. The van der Waals surface area contributed by atoms with Crippen LogP contribution in [-0.2, 0) is 16.6 Å². The van der Waals surface area contributed by atoms with Crippen LogP contribution in [0, 0.1) is 6.07 Å². The van der Waals surface area contributed by atoms with Crippen LogP contribution in [0.5, 0.6) is 0 Å². The van der Waals surface area contributed by atoms with Crippen molar-refractivity contribution in [2.45, 2.75) is 18.4 Å². The average molecular weight is 274 g/mol. The van der Waals surface area contributed by atoms with Gasteiger partial charge in [0.15, 0.2) is 0 Å². The largest absolute Gasteiger partial charge is 0.243 e. The molecule has 0 saturated heterocycles. The molecule has 0 aliphatic heterocycles. The van der Waals surface area contributed by atoms with E-state index in [2.05, 4.69) is 6.07 Å². The Bertz CT molecular complexity index is 609. The molecule has 0 heterocycles. The van der Waals surface area contributed by atoms with E-state index in [0.717, 1.165) is 5.56 Å². The normalized spacial score (nSPS) is 11.7. The molecule has 4 heteroatoms.